The molecule has 1 N–H and O–H groups in total. The Hall–Kier alpha value is -3.50. The molecule has 0 radical (unpaired) electrons. The van der Waals surface area contributed by atoms with E-state index in [1.54, 1.807) is 27.9 Å². The zero-order valence-corrected chi connectivity index (χ0v) is 19.5. The van der Waals surface area contributed by atoms with Gasteiger partial charge >= 0.3 is 6.09 Å². The second kappa shape index (κ2) is 8.62. The quantitative estimate of drug-likeness (QED) is 0.715. The number of fused-ring (bicyclic) bond motifs is 1. The lowest BCUT2D eigenvalue weighted by Crippen LogP contribution is -2.53. The molecule has 9 nitrogen and oxygen atoms in total. The minimum atomic E-state index is -2.80. The molecule has 1 saturated carbocycles. The lowest BCUT2D eigenvalue weighted by atomic mass is 9.91. The summed E-state index contributed by atoms with van der Waals surface area (Å²) in [5.41, 5.74) is 2.57. The highest BCUT2D eigenvalue weighted by Crippen LogP contribution is 2.42. The fourth-order valence-corrected chi connectivity index (χ4v) is 5.03. The van der Waals surface area contributed by atoms with Crippen molar-refractivity contribution < 1.29 is 27.9 Å². The Morgan fingerprint density at radius 3 is 2.66 bits per heavy atom. The predicted octanol–water partition coefficient (Wildman–Crippen LogP) is 3.50. The number of piperidine rings is 1. The molecule has 186 valence electrons. The maximum absolute atomic E-state index is 13.2. The van der Waals surface area contributed by atoms with Gasteiger partial charge in [-0.3, -0.25) is 19.2 Å². The Balaban J connectivity index is 1.44. The van der Waals surface area contributed by atoms with Crippen molar-refractivity contribution in [3.63, 3.8) is 0 Å². The van der Waals surface area contributed by atoms with Gasteiger partial charge in [0, 0.05) is 51.0 Å². The highest BCUT2D eigenvalue weighted by atomic mass is 19.3. The third-order valence-corrected chi connectivity index (χ3v) is 6.82. The fourth-order valence-electron chi connectivity index (χ4n) is 5.03. The van der Waals surface area contributed by atoms with Crippen molar-refractivity contribution in [3.8, 4) is 11.1 Å². The van der Waals surface area contributed by atoms with Gasteiger partial charge in [0.2, 0.25) is 11.8 Å². The first-order chi connectivity index (χ1) is 16.6. The molecule has 2 aliphatic heterocycles. The number of rotatable bonds is 3. The number of alkyl halides is 2. The average molecular weight is 488 g/mol. The number of nitrogens with one attached hydrogen (secondary N) is 1. The summed E-state index contributed by atoms with van der Waals surface area (Å²) in [4.78, 5) is 40.1. The topological polar surface area (TPSA) is 96.8 Å². The first kappa shape index (κ1) is 23.3. The number of aromatic nitrogens is 2. The van der Waals surface area contributed by atoms with E-state index in [1.807, 2.05) is 19.2 Å². The minimum Gasteiger partial charge on any atom is -0.445 e. The summed E-state index contributed by atoms with van der Waals surface area (Å²) in [6, 6.07) is 5.04. The van der Waals surface area contributed by atoms with Crippen molar-refractivity contribution in [2.24, 2.45) is 0 Å². The Kier molecular flexibility index (Phi) is 5.72. The second-order valence-electron chi connectivity index (χ2n) is 9.53. The minimum absolute atomic E-state index is 0.0103. The number of benzene rings is 1. The van der Waals surface area contributed by atoms with Crippen molar-refractivity contribution in [3.05, 3.63) is 30.6 Å². The summed E-state index contributed by atoms with van der Waals surface area (Å²) in [5.74, 6) is -2.97. The van der Waals surface area contributed by atoms with E-state index in [1.165, 1.54) is 11.8 Å². The normalized spacial score (nSPS) is 23.8. The van der Waals surface area contributed by atoms with Gasteiger partial charge < -0.3 is 15.0 Å². The third-order valence-electron chi connectivity index (χ3n) is 6.82. The molecule has 1 aromatic heterocycles. The molecular formula is C24H27F2N5O4. The van der Waals surface area contributed by atoms with Gasteiger partial charge in [0.15, 0.2) is 0 Å². The zero-order valence-electron chi connectivity index (χ0n) is 19.5. The molecule has 1 saturated heterocycles. The van der Waals surface area contributed by atoms with E-state index < -0.39 is 31.0 Å². The van der Waals surface area contributed by atoms with Crippen LogP contribution in [-0.2, 0) is 14.3 Å². The number of ether oxygens (including phenoxy) is 1. The number of carbonyl (C=O) groups is 3. The summed E-state index contributed by atoms with van der Waals surface area (Å²) in [5, 5.41) is 7.25. The van der Waals surface area contributed by atoms with E-state index in [2.05, 4.69) is 10.4 Å². The van der Waals surface area contributed by atoms with E-state index in [4.69, 9.17) is 4.74 Å². The Labute approximate surface area is 201 Å². The number of carbonyl (C=O) groups excluding carboxylic acids is 3. The molecule has 35 heavy (non-hydrogen) atoms. The fraction of sp³-hybridized carbons (Fsp3) is 0.500. The summed E-state index contributed by atoms with van der Waals surface area (Å²) in [6.45, 7) is 4.05. The molecule has 3 heterocycles. The van der Waals surface area contributed by atoms with E-state index >= 15 is 0 Å². The van der Waals surface area contributed by atoms with Crippen molar-refractivity contribution in [2.75, 3.05) is 22.9 Å². The maximum Gasteiger partial charge on any atom is 0.414 e. The van der Waals surface area contributed by atoms with Crippen LogP contribution in [-0.4, -0.2) is 58.8 Å². The monoisotopic (exact) mass is 487 g/mol. The van der Waals surface area contributed by atoms with Gasteiger partial charge in [0.25, 0.3) is 5.92 Å². The van der Waals surface area contributed by atoms with Gasteiger partial charge in [-0.25, -0.2) is 13.6 Å². The first-order valence-electron chi connectivity index (χ1n) is 11.7. The summed E-state index contributed by atoms with van der Waals surface area (Å²) >= 11 is 0. The first-order valence-corrected chi connectivity index (χ1v) is 11.7. The molecule has 2 aromatic rings. The maximum atomic E-state index is 13.2. The van der Waals surface area contributed by atoms with Crippen LogP contribution in [0.2, 0.25) is 0 Å². The molecule has 1 aromatic carbocycles. The Bertz CT molecular complexity index is 1170. The predicted molar refractivity (Wildman–Crippen MR) is 123 cm³/mol. The molecule has 2 fully saturated rings. The van der Waals surface area contributed by atoms with Crippen LogP contribution in [0.1, 0.15) is 45.6 Å². The van der Waals surface area contributed by atoms with Crippen LogP contribution in [0.25, 0.3) is 11.1 Å². The molecule has 11 heteroatoms. The standard InChI is InChI=1S/C24H27F2N5O4/c1-14-12-29(23(34)35-19-9-24(25,26)10-19)21-7-16(3-4-20(21)31(14)15(2)32)17-11-28-30(13-17)18-5-6-27-22(33)8-18/h3-4,7,11,13-14,18-19H,5-6,8-10,12H2,1-2H3,(H,27,33)/t14-,18?/m0/s1. The largest absolute Gasteiger partial charge is 0.445 e. The third kappa shape index (κ3) is 4.46. The molecular weight excluding hydrogens is 460 g/mol. The average Bonchev–Trinajstić information content (AvgIpc) is 3.27. The van der Waals surface area contributed by atoms with E-state index in [0.717, 1.165) is 17.5 Å². The van der Waals surface area contributed by atoms with E-state index in [0.29, 0.717) is 24.3 Å². The van der Waals surface area contributed by atoms with Gasteiger partial charge in [-0.05, 0) is 31.0 Å². The van der Waals surface area contributed by atoms with Crippen molar-refractivity contribution in [1.82, 2.24) is 15.1 Å². The van der Waals surface area contributed by atoms with Crippen LogP contribution in [0.3, 0.4) is 0 Å². The molecule has 1 aliphatic carbocycles. The summed E-state index contributed by atoms with van der Waals surface area (Å²) in [6.07, 6.45) is 2.21. The molecule has 0 spiro atoms. The van der Waals surface area contributed by atoms with Gasteiger partial charge in [-0.1, -0.05) is 6.07 Å². The molecule has 1 unspecified atom stereocenters. The number of halogens is 2. The number of amides is 3. The van der Waals surface area contributed by atoms with Crippen LogP contribution in [0.4, 0.5) is 25.0 Å². The zero-order chi connectivity index (χ0) is 24.9. The molecule has 3 amide bonds. The molecule has 3 aliphatic rings. The Morgan fingerprint density at radius 2 is 1.97 bits per heavy atom. The van der Waals surface area contributed by atoms with Crippen LogP contribution < -0.4 is 15.1 Å². The molecule has 5 rings (SSSR count). The van der Waals surface area contributed by atoms with Crippen LogP contribution >= 0.6 is 0 Å². The van der Waals surface area contributed by atoms with Crippen molar-refractivity contribution in [1.29, 1.82) is 0 Å². The van der Waals surface area contributed by atoms with E-state index in [-0.39, 0.29) is 30.4 Å². The van der Waals surface area contributed by atoms with Gasteiger partial charge in [-0.15, -0.1) is 0 Å². The highest BCUT2D eigenvalue weighted by molar-refractivity contribution is 6.03. The van der Waals surface area contributed by atoms with Crippen LogP contribution in [0.15, 0.2) is 30.6 Å². The Morgan fingerprint density at radius 1 is 1.20 bits per heavy atom. The number of hydrogen-bond acceptors (Lipinski definition) is 5. The van der Waals surface area contributed by atoms with Crippen LogP contribution in [0, 0.1) is 0 Å². The van der Waals surface area contributed by atoms with E-state index in [9.17, 15) is 23.2 Å². The second-order valence-corrected chi connectivity index (χ2v) is 9.53. The van der Waals surface area contributed by atoms with Crippen LogP contribution in [0.5, 0.6) is 0 Å². The number of anilines is 2. The summed E-state index contributed by atoms with van der Waals surface area (Å²) < 4.78 is 33.6. The molecule has 0 bridgehead atoms. The van der Waals surface area contributed by atoms with Crippen molar-refractivity contribution in [2.45, 2.75) is 63.6 Å². The lowest BCUT2D eigenvalue weighted by Gasteiger charge is -2.42. The lowest BCUT2D eigenvalue weighted by molar-refractivity contribution is -0.143. The van der Waals surface area contributed by atoms with Gasteiger partial charge in [-0.2, -0.15) is 5.10 Å². The summed E-state index contributed by atoms with van der Waals surface area (Å²) in [7, 11) is 0. The SMILES string of the molecule is CC(=O)N1c2ccc(-c3cnn(C4CCNC(=O)C4)c3)cc2N(C(=O)OC2CC(F)(F)C2)C[C@@H]1C. The smallest absolute Gasteiger partial charge is 0.414 e. The van der Waals surface area contributed by atoms with Crippen molar-refractivity contribution >= 4 is 29.3 Å². The van der Waals surface area contributed by atoms with Gasteiger partial charge in [0.1, 0.15) is 6.10 Å². The number of hydrogen-bond donors (Lipinski definition) is 1. The highest BCUT2D eigenvalue weighted by Gasteiger charge is 2.48. The van der Waals surface area contributed by atoms with Gasteiger partial charge in [0.05, 0.1) is 29.7 Å². The number of nitrogens with zero attached hydrogens (tertiary/aromatic N) is 4. The molecule has 2 atom stereocenters.